The number of hydrogen-bond acceptors (Lipinski definition) is 4. The number of halogens is 5. The number of benzene rings is 2. The van der Waals surface area contributed by atoms with Crippen LogP contribution in [-0.4, -0.2) is 21.5 Å². The third-order valence-electron chi connectivity index (χ3n) is 3.17. The van der Waals surface area contributed by atoms with E-state index in [1.54, 1.807) is 0 Å². The van der Waals surface area contributed by atoms with Crippen LogP contribution < -0.4 is 4.72 Å². The molecule has 0 amide bonds. The molecule has 2 rings (SSSR count). The van der Waals surface area contributed by atoms with Gasteiger partial charge in [-0.3, -0.25) is 4.72 Å². The number of nitrogens with one attached hydrogen (secondary N) is 1. The second-order valence-electron chi connectivity index (χ2n) is 4.93. The van der Waals surface area contributed by atoms with Crippen LogP contribution >= 0.6 is 23.2 Å². The molecule has 0 aromatic heterocycles. The molecular formula is C15H10Cl2F3NO4S. The Labute approximate surface area is 156 Å². The quantitative estimate of drug-likeness (QED) is 0.723. The van der Waals surface area contributed by atoms with E-state index >= 15 is 0 Å². The molecule has 2 aromatic rings. The number of anilines is 1. The summed E-state index contributed by atoms with van der Waals surface area (Å²) < 4.78 is 70.1. The Morgan fingerprint density at radius 1 is 1.08 bits per heavy atom. The minimum atomic E-state index is -4.76. The summed E-state index contributed by atoms with van der Waals surface area (Å²) in [5.74, 6) is -0.802. The summed E-state index contributed by atoms with van der Waals surface area (Å²) >= 11 is 11.3. The number of esters is 1. The van der Waals surface area contributed by atoms with Gasteiger partial charge in [-0.1, -0.05) is 23.2 Å². The van der Waals surface area contributed by atoms with E-state index in [-0.39, 0.29) is 16.3 Å². The summed E-state index contributed by atoms with van der Waals surface area (Å²) in [4.78, 5) is 11.0. The Morgan fingerprint density at radius 3 is 2.27 bits per heavy atom. The SMILES string of the molecule is COC(=O)c1ccc(Cl)c(S(=O)(=O)Nc2ccc(Cl)c(C(F)(F)F)c2)c1. The van der Waals surface area contributed by atoms with Crippen molar-refractivity contribution in [3.63, 3.8) is 0 Å². The minimum Gasteiger partial charge on any atom is -0.465 e. The smallest absolute Gasteiger partial charge is 0.417 e. The fraction of sp³-hybridized carbons (Fsp3) is 0.133. The normalized spacial score (nSPS) is 11.9. The predicted molar refractivity (Wildman–Crippen MR) is 90.1 cm³/mol. The zero-order chi connectivity index (χ0) is 19.7. The maximum Gasteiger partial charge on any atom is 0.417 e. The lowest BCUT2D eigenvalue weighted by Gasteiger charge is -2.14. The first kappa shape index (κ1) is 20.3. The average molecular weight is 428 g/mol. The highest BCUT2D eigenvalue weighted by atomic mass is 35.5. The Kier molecular flexibility index (Phi) is 5.74. The van der Waals surface area contributed by atoms with Crippen LogP contribution in [-0.2, 0) is 20.9 Å². The Bertz CT molecular complexity index is 962. The number of ether oxygens (including phenoxy) is 1. The summed E-state index contributed by atoms with van der Waals surface area (Å²) in [6.07, 6.45) is -4.76. The number of hydrogen-bond donors (Lipinski definition) is 1. The molecular weight excluding hydrogens is 418 g/mol. The standard InChI is InChI=1S/C15H10Cl2F3NO4S/c1-25-14(22)8-2-4-12(17)13(6-8)26(23,24)21-9-3-5-11(16)10(7-9)15(18,19)20/h2-7,21H,1H3. The Hall–Kier alpha value is -1.97. The van der Waals surface area contributed by atoms with Crippen LogP contribution in [0, 0.1) is 0 Å². The first-order valence-corrected chi connectivity index (χ1v) is 8.97. The van der Waals surface area contributed by atoms with Crippen molar-refractivity contribution in [3.05, 3.63) is 57.6 Å². The van der Waals surface area contributed by atoms with Crippen LogP contribution in [0.15, 0.2) is 41.3 Å². The van der Waals surface area contributed by atoms with Gasteiger partial charge < -0.3 is 4.74 Å². The summed E-state index contributed by atoms with van der Waals surface area (Å²) in [7, 11) is -3.28. The second kappa shape index (κ2) is 7.34. The molecule has 1 N–H and O–H groups in total. The van der Waals surface area contributed by atoms with Gasteiger partial charge in [0.25, 0.3) is 10.0 Å². The summed E-state index contributed by atoms with van der Waals surface area (Å²) in [6.45, 7) is 0. The molecule has 0 bridgehead atoms. The van der Waals surface area contributed by atoms with Crippen molar-refractivity contribution in [2.24, 2.45) is 0 Å². The number of carbonyl (C=O) groups is 1. The molecule has 0 saturated heterocycles. The van der Waals surface area contributed by atoms with Gasteiger partial charge in [-0.25, -0.2) is 13.2 Å². The molecule has 0 spiro atoms. The highest BCUT2D eigenvalue weighted by Gasteiger charge is 2.33. The van der Waals surface area contributed by atoms with Gasteiger partial charge in [-0.05, 0) is 36.4 Å². The first-order chi connectivity index (χ1) is 12.0. The molecule has 5 nitrogen and oxygen atoms in total. The van der Waals surface area contributed by atoms with Crippen molar-refractivity contribution in [2.75, 3.05) is 11.8 Å². The highest BCUT2D eigenvalue weighted by molar-refractivity contribution is 7.92. The second-order valence-corrected chi connectivity index (χ2v) is 7.40. The topological polar surface area (TPSA) is 72.5 Å². The first-order valence-electron chi connectivity index (χ1n) is 6.73. The van der Waals surface area contributed by atoms with Crippen molar-refractivity contribution in [2.45, 2.75) is 11.1 Å². The fourth-order valence-electron chi connectivity index (χ4n) is 1.97. The Morgan fingerprint density at radius 2 is 1.69 bits per heavy atom. The number of methoxy groups -OCH3 is 1. The summed E-state index contributed by atoms with van der Waals surface area (Å²) in [5, 5.41) is -0.804. The van der Waals surface area contributed by atoms with E-state index in [1.165, 1.54) is 6.07 Å². The molecule has 0 heterocycles. The minimum absolute atomic E-state index is 0.0932. The molecule has 0 unspecified atom stereocenters. The molecule has 2 aromatic carbocycles. The molecule has 11 heteroatoms. The molecule has 140 valence electrons. The molecule has 0 saturated carbocycles. The van der Waals surface area contributed by atoms with E-state index in [0.717, 1.165) is 31.4 Å². The van der Waals surface area contributed by atoms with Crippen molar-refractivity contribution < 1.29 is 31.1 Å². The maximum absolute atomic E-state index is 12.9. The third kappa shape index (κ3) is 4.40. The van der Waals surface area contributed by atoms with Crippen LogP contribution in [0.25, 0.3) is 0 Å². The molecule has 26 heavy (non-hydrogen) atoms. The third-order valence-corrected chi connectivity index (χ3v) is 5.36. The summed E-state index contributed by atoms with van der Waals surface area (Å²) in [5.41, 5.74) is -1.67. The van der Waals surface area contributed by atoms with Crippen LogP contribution in [0.3, 0.4) is 0 Å². The largest absolute Gasteiger partial charge is 0.465 e. The van der Waals surface area contributed by atoms with Gasteiger partial charge in [-0.2, -0.15) is 13.2 Å². The fourth-order valence-corrected chi connectivity index (χ4v) is 3.77. The van der Waals surface area contributed by atoms with Gasteiger partial charge in [0.2, 0.25) is 0 Å². The van der Waals surface area contributed by atoms with E-state index in [4.69, 9.17) is 23.2 Å². The van der Waals surface area contributed by atoms with E-state index < -0.39 is 37.7 Å². The lowest BCUT2D eigenvalue weighted by molar-refractivity contribution is -0.137. The zero-order valence-corrected chi connectivity index (χ0v) is 15.2. The van der Waals surface area contributed by atoms with Crippen molar-refractivity contribution in [3.8, 4) is 0 Å². The Balaban J connectivity index is 2.46. The van der Waals surface area contributed by atoms with Crippen LogP contribution in [0.5, 0.6) is 0 Å². The van der Waals surface area contributed by atoms with Crippen LogP contribution in [0.1, 0.15) is 15.9 Å². The molecule has 0 atom stereocenters. The average Bonchev–Trinajstić information content (AvgIpc) is 2.55. The zero-order valence-electron chi connectivity index (χ0n) is 12.9. The van der Waals surface area contributed by atoms with E-state index in [1.807, 2.05) is 4.72 Å². The van der Waals surface area contributed by atoms with Crippen LogP contribution in [0.4, 0.5) is 18.9 Å². The van der Waals surface area contributed by atoms with Crippen molar-refractivity contribution in [1.29, 1.82) is 0 Å². The lowest BCUT2D eigenvalue weighted by atomic mass is 10.2. The van der Waals surface area contributed by atoms with Crippen LogP contribution in [0.2, 0.25) is 10.0 Å². The monoisotopic (exact) mass is 427 g/mol. The van der Waals surface area contributed by atoms with Gasteiger partial charge in [0.15, 0.2) is 0 Å². The number of rotatable bonds is 4. The predicted octanol–water partition coefficient (Wildman–Crippen LogP) is 4.60. The molecule has 0 aliphatic carbocycles. The molecule has 0 radical (unpaired) electrons. The number of sulfonamides is 1. The summed E-state index contributed by atoms with van der Waals surface area (Å²) in [6, 6.07) is 5.89. The molecule has 0 aliphatic rings. The number of alkyl halides is 3. The van der Waals surface area contributed by atoms with Gasteiger partial charge in [0.05, 0.1) is 28.3 Å². The lowest BCUT2D eigenvalue weighted by Crippen LogP contribution is -2.15. The molecule has 0 fully saturated rings. The number of carbonyl (C=O) groups excluding carboxylic acids is 1. The van der Waals surface area contributed by atoms with E-state index in [2.05, 4.69) is 4.74 Å². The van der Waals surface area contributed by atoms with Gasteiger partial charge in [0, 0.05) is 5.69 Å². The molecule has 0 aliphatic heterocycles. The van der Waals surface area contributed by atoms with E-state index in [0.29, 0.717) is 6.07 Å². The van der Waals surface area contributed by atoms with E-state index in [9.17, 15) is 26.4 Å². The van der Waals surface area contributed by atoms with Crippen molar-refractivity contribution >= 4 is 44.9 Å². The van der Waals surface area contributed by atoms with Gasteiger partial charge >= 0.3 is 12.1 Å². The maximum atomic E-state index is 12.9. The van der Waals surface area contributed by atoms with Crippen molar-refractivity contribution in [1.82, 2.24) is 0 Å². The van der Waals surface area contributed by atoms with Gasteiger partial charge in [0.1, 0.15) is 4.90 Å². The highest BCUT2D eigenvalue weighted by Crippen LogP contribution is 2.36. The van der Waals surface area contributed by atoms with Gasteiger partial charge in [-0.15, -0.1) is 0 Å².